The predicted octanol–water partition coefficient (Wildman–Crippen LogP) is 15.9. The summed E-state index contributed by atoms with van der Waals surface area (Å²) in [7, 11) is -62.9. The summed E-state index contributed by atoms with van der Waals surface area (Å²) in [4.78, 5) is 71.9. The minimum absolute atomic E-state index is 0.0625. The standard InChI is InChI=1S/C26H58O9Si6.C24H52O10Si6.C20H40O16Si8/c1-23(2)25(27)29-19-17-21-40(31-36(5,6)7,32-37(8,9)10)35-41(33-38(11,12)13,34-39(14,15)16)22-18-20-30-26(28)24(3)4;1-21(2)23(25)27-17-15-19-37(11)31-39(13,29-35(5,6)7)33-38(12,20-16-18-28-24(26)22(3)4)34-40(14,32-37)30-36(8,9)10;1-17(2)19(21)23-13-11-15-43-31-37(5)25-40(8)27-38(6,32-43)29-42(10)30-39(7,33-43)28-41(9,26-37)35-44(34-40,36-42)16-12-14-24-20(22)18(3)4/h1,3,17-22H2,2,4-16H3;1,3,15-20H2,2,4-14H3;1,3,11-16H2,2,4-10H3. The zero-order valence-electron chi connectivity index (χ0n) is 81.3. The summed E-state index contributed by atoms with van der Waals surface area (Å²) in [5.74, 6) is -2.70. The van der Waals surface area contributed by atoms with E-state index in [2.05, 4.69) is 157 Å². The highest BCUT2D eigenvalue weighted by Gasteiger charge is 2.80. The van der Waals surface area contributed by atoms with Crippen molar-refractivity contribution in [1.29, 1.82) is 0 Å². The molecule has 35 nitrogen and oxygen atoms in total. The van der Waals surface area contributed by atoms with Gasteiger partial charge in [-0.3, -0.25) is 0 Å². The molecule has 720 valence electrons. The maximum atomic E-state index is 12.0. The topological polar surface area (TPSA) is 370 Å². The number of rotatable bonds is 44. The van der Waals surface area contributed by atoms with Gasteiger partial charge in [0, 0.05) is 110 Å². The van der Waals surface area contributed by atoms with Crippen molar-refractivity contribution < 1.29 is 152 Å². The highest BCUT2D eigenvalue weighted by atomic mass is 28.6. The molecule has 7 fully saturated rings. The number of carbonyl (C=O) groups is 6. The average molecular weight is 2110 g/mol. The average Bonchev–Trinajstić information content (AvgIpc) is 0.695. The summed E-state index contributed by atoms with van der Waals surface area (Å²) < 4.78 is 189. The summed E-state index contributed by atoms with van der Waals surface area (Å²) in [6.45, 7) is 88.4. The van der Waals surface area contributed by atoms with Crippen molar-refractivity contribution in [2.75, 3.05) is 39.6 Å². The molecule has 0 amide bonds. The molecule has 0 aromatic carbocycles. The SMILES string of the molecule is C=C(C)C(=O)OCCC[Si](O[Si](C)(C)C)(O[Si](C)(C)C)O[Si](CCCOC(=O)C(=C)C)(O[Si](C)(C)C)O[Si](C)(C)C.C=C(C)C(=O)OCCC[Si]1(C)O[Si](C)(O[Si](C)(C)C)O[Si](C)(CCCOC(=O)C(=C)C)O[Si](C)(O[Si](C)(C)C)O1.C=C(C)C(=O)OCCC[Si]12O[Si]3(C)O[Si]4(C)O[Si](C)(O[Si]5(C)O[Si](C)(O[Si](C)(O3)O[Si](CCCOC(=O)C(=C)C)(O4)O5)O1)O2. The smallest absolute Gasteiger partial charge is 0.462 e. The van der Waals surface area contributed by atoms with E-state index in [0.29, 0.717) is 85.0 Å². The molecule has 0 unspecified atom stereocenters. The first-order valence-electron chi connectivity index (χ1n) is 42.3. The van der Waals surface area contributed by atoms with Crippen LogP contribution in [0.2, 0.25) is 220 Å². The molecule has 0 aromatic rings. The quantitative estimate of drug-likeness (QED) is 0.0180. The third kappa shape index (κ3) is 41.0. The molecule has 7 rings (SSSR count). The Balaban J connectivity index is 0.000000394. The van der Waals surface area contributed by atoms with Crippen LogP contribution in [0.4, 0.5) is 0 Å². The van der Waals surface area contributed by atoms with E-state index in [1.807, 2.05) is 26.2 Å². The van der Waals surface area contributed by atoms with Crippen LogP contribution < -0.4 is 0 Å². The molecule has 7 aliphatic rings. The van der Waals surface area contributed by atoms with E-state index >= 15 is 0 Å². The highest BCUT2D eigenvalue weighted by Crippen LogP contribution is 2.51. The van der Waals surface area contributed by atoms with Crippen LogP contribution in [-0.2, 0) is 152 Å². The minimum atomic E-state index is -3.86. The first-order valence-corrected chi connectivity index (χ1v) is 93.3. The molecule has 7 aliphatic heterocycles. The first-order chi connectivity index (χ1) is 56.2. The molecule has 0 spiro atoms. The Labute approximate surface area is 766 Å². The molecular weight excluding hydrogens is 1960 g/mol. The molecule has 125 heavy (non-hydrogen) atoms. The Hall–Kier alpha value is -1.32. The van der Waals surface area contributed by atoms with Crippen LogP contribution in [0.3, 0.4) is 0 Å². The van der Waals surface area contributed by atoms with Gasteiger partial charge in [-0.15, -0.1) is 0 Å². The van der Waals surface area contributed by atoms with Gasteiger partial charge in [0.1, 0.15) is 0 Å². The molecule has 0 radical (unpaired) electrons. The van der Waals surface area contributed by atoms with Crippen LogP contribution in [0.1, 0.15) is 80.1 Å². The predicted molar refractivity (Wildman–Crippen MR) is 515 cm³/mol. The zero-order valence-corrected chi connectivity index (χ0v) is 101. The number of carbonyl (C=O) groups excluding carboxylic acids is 6. The van der Waals surface area contributed by atoms with Gasteiger partial charge in [-0.2, -0.15) is 0 Å². The maximum Gasteiger partial charge on any atom is 0.478 e. The number of hydrogen-bond acceptors (Lipinski definition) is 35. The lowest BCUT2D eigenvalue weighted by Crippen LogP contribution is -2.86. The Morgan fingerprint density at radius 3 is 0.584 bits per heavy atom. The van der Waals surface area contributed by atoms with Gasteiger partial charge in [-0.25, -0.2) is 28.8 Å². The van der Waals surface area contributed by atoms with Crippen LogP contribution in [0, 0.1) is 0 Å². The molecule has 0 atom stereocenters. The van der Waals surface area contributed by atoms with Crippen molar-refractivity contribution in [3.8, 4) is 0 Å². The Bertz CT molecular complexity index is 3430. The van der Waals surface area contributed by atoms with Crippen LogP contribution >= 0.6 is 0 Å². The van der Waals surface area contributed by atoms with Gasteiger partial charge in [0.05, 0.1) is 39.6 Å². The Kier molecular flexibility index (Phi) is 41.4. The van der Waals surface area contributed by atoms with E-state index in [0.717, 1.165) is 0 Å². The van der Waals surface area contributed by atoms with E-state index in [9.17, 15) is 28.8 Å². The molecule has 55 heteroatoms. The lowest BCUT2D eigenvalue weighted by molar-refractivity contribution is -0.139. The van der Waals surface area contributed by atoms with Gasteiger partial charge < -0.3 is 123 Å². The monoisotopic (exact) mass is 2110 g/mol. The summed E-state index contributed by atoms with van der Waals surface area (Å²) in [5, 5.41) is 0. The largest absolute Gasteiger partial charge is 0.478 e. The van der Waals surface area contributed by atoms with Gasteiger partial charge in [-0.1, -0.05) is 39.5 Å². The normalized spacial score (nSPS) is 30.1. The van der Waals surface area contributed by atoms with Crippen molar-refractivity contribution in [3.63, 3.8) is 0 Å². The lowest BCUT2D eigenvalue weighted by atomic mass is 10.4. The Morgan fingerprint density at radius 1 is 0.240 bits per heavy atom. The second-order valence-corrected chi connectivity index (χ2v) is 110. The first kappa shape index (κ1) is 116. The van der Waals surface area contributed by atoms with Crippen LogP contribution in [0.15, 0.2) is 72.9 Å². The fourth-order valence-electron chi connectivity index (χ4n) is 13.8. The number of hydrogen-bond donors (Lipinski definition) is 0. The fourth-order valence-corrected chi connectivity index (χ4v) is 113. The van der Waals surface area contributed by atoms with Gasteiger partial charge in [0.15, 0.2) is 49.9 Å². The molecule has 0 saturated carbocycles. The molecule has 8 bridgehead atoms. The third-order valence-corrected chi connectivity index (χ3v) is 95.1. The molecule has 7 heterocycles. The van der Waals surface area contributed by atoms with E-state index in [-0.39, 0.29) is 62.9 Å². The fraction of sp³-hybridized carbons (Fsp3) is 0.743. The van der Waals surface area contributed by atoms with Crippen molar-refractivity contribution in [2.45, 2.75) is 300 Å². The zero-order chi connectivity index (χ0) is 96.2. The minimum Gasteiger partial charge on any atom is -0.462 e. The van der Waals surface area contributed by atoms with Crippen molar-refractivity contribution in [2.24, 2.45) is 0 Å². The van der Waals surface area contributed by atoms with Crippen LogP contribution in [-0.4, -0.2) is 248 Å². The second kappa shape index (κ2) is 44.7. The van der Waals surface area contributed by atoms with Crippen molar-refractivity contribution in [1.82, 2.24) is 0 Å². The van der Waals surface area contributed by atoms with E-state index in [4.69, 9.17) is 123 Å². The lowest BCUT2D eigenvalue weighted by Gasteiger charge is -2.61. The van der Waals surface area contributed by atoms with Gasteiger partial charge in [0.2, 0.25) is 0 Å². The van der Waals surface area contributed by atoms with Crippen molar-refractivity contribution in [3.05, 3.63) is 72.9 Å². The van der Waals surface area contributed by atoms with Gasteiger partial charge in [-0.05, 0) is 223 Å². The molecule has 0 N–H and O–H groups in total. The highest BCUT2D eigenvalue weighted by molar-refractivity contribution is 7.03. The van der Waals surface area contributed by atoms with E-state index in [1.54, 1.807) is 80.8 Å². The van der Waals surface area contributed by atoms with E-state index < -0.39 is 208 Å². The molecular formula is C70H150O35Si20. The van der Waals surface area contributed by atoms with Crippen LogP contribution in [0.25, 0.3) is 0 Å². The Morgan fingerprint density at radius 2 is 0.416 bits per heavy atom. The van der Waals surface area contributed by atoms with Gasteiger partial charge in [0.25, 0.3) is 0 Å². The molecule has 0 aliphatic carbocycles. The molecule has 7 saturated heterocycles. The molecule has 0 aromatic heterocycles. The summed E-state index contributed by atoms with van der Waals surface area (Å²) in [6, 6.07) is 2.36. The maximum absolute atomic E-state index is 12.0. The second-order valence-electron chi connectivity index (χ2n) is 39.0. The third-order valence-electron chi connectivity index (χ3n) is 16.6. The number of esters is 6. The summed E-state index contributed by atoms with van der Waals surface area (Å²) in [6.07, 6.45) is 2.72. The number of ether oxygens (including phenoxy) is 6. The summed E-state index contributed by atoms with van der Waals surface area (Å²) in [5.41, 5.74) is 1.99. The summed E-state index contributed by atoms with van der Waals surface area (Å²) >= 11 is 0. The van der Waals surface area contributed by atoms with Gasteiger partial charge >= 0.3 is 159 Å². The van der Waals surface area contributed by atoms with Crippen LogP contribution in [0.5, 0.6) is 0 Å². The van der Waals surface area contributed by atoms with Crippen molar-refractivity contribution >= 4 is 208 Å². The van der Waals surface area contributed by atoms with E-state index in [1.165, 1.54) is 0 Å².